The Morgan fingerprint density at radius 1 is 0.587 bits per heavy atom. The van der Waals surface area contributed by atoms with Crippen LogP contribution in [-0.4, -0.2) is 39.7 Å². The van der Waals surface area contributed by atoms with Crippen LogP contribution < -0.4 is 0 Å². The first-order valence-corrected chi connectivity index (χ1v) is 16.2. The van der Waals surface area contributed by atoms with Crippen molar-refractivity contribution in [1.29, 1.82) is 0 Å². The minimum Gasteiger partial charge on any atom is -0.427 e. The zero-order valence-corrected chi connectivity index (χ0v) is 32.6. The Morgan fingerprint density at radius 3 is 1.28 bits per heavy atom. The maximum Gasteiger partial charge on any atom is 2.00 e. The molecule has 46 heavy (non-hydrogen) atoms. The van der Waals surface area contributed by atoms with E-state index in [1.807, 2.05) is 12.1 Å². The summed E-state index contributed by atoms with van der Waals surface area (Å²) < 4.78 is 0.687. The zero-order chi connectivity index (χ0) is 28.8. The quantitative estimate of drug-likeness (QED) is 0.139. The van der Waals surface area contributed by atoms with Gasteiger partial charge in [-0.3, -0.25) is 9.59 Å². The van der Waals surface area contributed by atoms with Crippen LogP contribution in [0, 0.1) is 29.7 Å². The number of hydrogen-bond donors (Lipinski definition) is 2. The summed E-state index contributed by atoms with van der Waals surface area (Å²) in [5.41, 5.74) is 2.11. The van der Waals surface area contributed by atoms with Gasteiger partial charge in [0.05, 0.1) is 0 Å². The largest absolute Gasteiger partial charge is 2.00 e. The predicted molar refractivity (Wildman–Crippen MR) is 192 cm³/mol. The van der Waals surface area contributed by atoms with Gasteiger partial charge in [-0.15, -0.1) is 0 Å². The molecule has 10 heteroatoms. The smallest absolute Gasteiger partial charge is 0.427 e. The van der Waals surface area contributed by atoms with E-state index in [1.54, 1.807) is 24.3 Å². The van der Waals surface area contributed by atoms with Crippen molar-refractivity contribution in [2.45, 2.75) is 127 Å². The number of hydrogen-bond acceptors (Lipinski definition) is 6. The van der Waals surface area contributed by atoms with E-state index >= 15 is 0 Å². The van der Waals surface area contributed by atoms with E-state index in [0.29, 0.717) is 28.2 Å². The Hall–Kier alpha value is -0.856. The van der Waals surface area contributed by atoms with Gasteiger partial charge in [-0.2, -0.15) is 0 Å². The number of nitrogens with zero attached hydrogens (tertiary/aromatic N) is 2. The second kappa shape index (κ2) is 35.5. The van der Waals surface area contributed by atoms with Gasteiger partial charge in [0.1, 0.15) is 16.0 Å². The second-order valence-corrected chi connectivity index (χ2v) is 11.9. The van der Waals surface area contributed by atoms with E-state index < -0.39 is 7.12 Å². The normalized spacial score (nSPS) is 15.7. The van der Waals surface area contributed by atoms with Gasteiger partial charge in [0, 0.05) is 11.6 Å². The molecular formula is C36H60BBrFe2N2O4. The molecule has 6 rings (SSSR count). The first kappa shape index (κ1) is 54.6. The Morgan fingerprint density at radius 2 is 0.957 bits per heavy atom. The monoisotopic (exact) mass is 786 g/mol. The molecule has 4 fully saturated rings. The average molecular weight is 787 g/mol. The number of aromatic nitrogens is 2. The summed E-state index contributed by atoms with van der Waals surface area (Å²) in [6.07, 6.45) is 25.9. The van der Waals surface area contributed by atoms with Gasteiger partial charge in [-0.25, -0.2) is 9.97 Å². The third-order valence-electron chi connectivity index (χ3n) is 7.87. The fourth-order valence-electron chi connectivity index (χ4n) is 5.50. The molecule has 0 spiro atoms. The molecule has 0 saturated heterocycles. The maximum absolute atomic E-state index is 10.5. The van der Waals surface area contributed by atoms with Gasteiger partial charge in [0.2, 0.25) is 0 Å². The summed E-state index contributed by atoms with van der Waals surface area (Å²) in [5, 5.41) is 17.2. The summed E-state index contributed by atoms with van der Waals surface area (Å²) in [5.74, 6) is 0.773. The standard InChI is InChI=1S/C11H13NO.C6H4BrNO.C5H11BO2.2C5H10.4CH3.2Fe/c13-8-10-6-3-7-11(12-10)9-4-1-2-5-9;7-6-3-1-2-5(4-9)8-6;7-6(8)5-3-1-2-4-5;2*1-2-4-5-3-1;;;;;;/h3,6-9H,1-2,4-5H2;1-4H;5,7-8H,1-4H2;2*1-5H2;4*1H3;;/q;;;;;4*-1;2*+2. The molecule has 4 aliphatic rings. The van der Waals surface area contributed by atoms with Crippen LogP contribution in [0.5, 0.6) is 0 Å². The Kier molecular flexibility index (Phi) is 42.1. The van der Waals surface area contributed by atoms with Crippen LogP contribution in [0.25, 0.3) is 0 Å². The van der Waals surface area contributed by atoms with Gasteiger partial charge in [0.15, 0.2) is 12.6 Å². The molecule has 0 bridgehead atoms. The van der Waals surface area contributed by atoms with Gasteiger partial charge in [-0.05, 0) is 58.9 Å². The van der Waals surface area contributed by atoms with E-state index in [0.717, 1.165) is 24.8 Å². The van der Waals surface area contributed by atoms with Crippen LogP contribution in [0.3, 0.4) is 0 Å². The van der Waals surface area contributed by atoms with Crippen LogP contribution in [0.15, 0.2) is 41.0 Å². The fraction of sp³-hybridized carbons (Fsp3) is 0.556. The van der Waals surface area contributed by atoms with Gasteiger partial charge in [-0.1, -0.05) is 115 Å². The first-order chi connectivity index (χ1) is 19.5. The molecule has 0 unspecified atom stereocenters. The van der Waals surface area contributed by atoms with Gasteiger partial charge < -0.3 is 39.8 Å². The van der Waals surface area contributed by atoms with Crippen LogP contribution >= 0.6 is 15.9 Å². The minimum absolute atomic E-state index is 0. The van der Waals surface area contributed by atoms with E-state index in [2.05, 4.69) is 25.9 Å². The number of aldehydes is 2. The van der Waals surface area contributed by atoms with Crippen LogP contribution in [0.4, 0.5) is 0 Å². The SMILES string of the molecule is C1CCCC1.C1CCCC1.O=Cc1cccc(Br)n1.O=Cc1cccc(C2CCCC2)n1.OB(O)C1CCCC1.[CH3-].[CH3-].[CH3-].[CH3-].[Fe+2].[Fe+2]. The number of carbonyl (C=O) groups excluding carboxylic acids is 2. The van der Waals surface area contributed by atoms with Crippen LogP contribution in [0.1, 0.15) is 148 Å². The molecule has 2 aromatic heterocycles. The Labute approximate surface area is 312 Å². The van der Waals surface area contributed by atoms with Crippen molar-refractivity contribution in [3.8, 4) is 0 Å². The number of pyridine rings is 2. The molecule has 0 amide bonds. The molecule has 2 N–H and O–H groups in total. The van der Waals surface area contributed by atoms with Crippen molar-refractivity contribution in [2.75, 3.05) is 0 Å². The molecule has 0 atom stereocenters. The van der Waals surface area contributed by atoms with E-state index in [-0.39, 0.29) is 69.7 Å². The van der Waals surface area contributed by atoms with Crippen molar-refractivity contribution in [3.05, 3.63) is 87.8 Å². The van der Waals surface area contributed by atoms with E-state index in [1.165, 1.54) is 103 Å². The minimum atomic E-state index is -1.06. The van der Waals surface area contributed by atoms with E-state index in [9.17, 15) is 9.59 Å². The average Bonchev–Trinajstić information content (AvgIpc) is 3.84. The number of carbonyl (C=O) groups is 2. The second-order valence-electron chi connectivity index (χ2n) is 11.1. The predicted octanol–water partition coefficient (Wildman–Crippen LogP) is 10.3. The third-order valence-corrected chi connectivity index (χ3v) is 8.31. The summed E-state index contributed by atoms with van der Waals surface area (Å²) in [6.45, 7) is 0. The fourth-order valence-corrected chi connectivity index (χ4v) is 5.85. The molecule has 4 saturated carbocycles. The van der Waals surface area contributed by atoms with Crippen molar-refractivity contribution in [2.24, 2.45) is 0 Å². The molecule has 2 heterocycles. The molecule has 0 aromatic carbocycles. The maximum atomic E-state index is 10.5. The van der Waals surface area contributed by atoms with Crippen molar-refractivity contribution < 1.29 is 53.8 Å². The molecule has 0 aliphatic heterocycles. The van der Waals surface area contributed by atoms with E-state index in [4.69, 9.17) is 10.0 Å². The number of rotatable bonds is 4. The summed E-state index contributed by atoms with van der Waals surface area (Å²) >= 11 is 3.13. The summed E-state index contributed by atoms with van der Waals surface area (Å²) in [4.78, 5) is 28.7. The van der Waals surface area contributed by atoms with Crippen molar-refractivity contribution in [1.82, 2.24) is 9.97 Å². The zero-order valence-electron chi connectivity index (χ0n) is 28.8. The van der Waals surface area contributed by atoms with Crippen LogP contribution in [0.2, 0.25) is 5.82 Å². The summed E-state index contributed by atoms with van der Waals surface area (Å²) in [7, 11) is -1.06. The Balaban J connectivity index is -0.000000153. The first-order valence-electron chi connectivity index (χ1n) is 15.4. The van der Waals surface area contributed by atoms with Crippen molar-refractivity contribution in [3.63, 3.8) is 0 Å². The van der Waals surface area contributed by atoms with Crippen LogP contribution in [-0.2, 0) is 34.1 Å². The summed E-state index contributed by atoms with van der Waals surface area (Å²) in [6, 6.07) is 10.9. The van der Waals surface area contributed by atoms with Gasteiger partial charge in [0.25, 0.3) is 0 Å². The number of halogens is 1. The van der Waals surface area contributed by atoms with Crippen molar-refractivity contribution >= 4 is 35.6 Å². The molecule has 2 aromatic rings. The molecule has 6 nitrogen and oxygen atoms in total. The molecule has 0 radical (unpaired) electrons. The topological polar surface area (TPSA) is 100 Å². The van der Waals surface area contributed by atoms with Gasteiger partial charge >= 0.3 is 41.3 Å². The Bertz CT molecular complexity index is 930. The third kappa shape index (κ3) is 25.2. The molecular weight excluding hydrogens is 727 g/mol. The molecule has 4 aliphatic carbocycles. The molecule has 264 valence electrons.